The summed E-state index contributed by atoms with van der Waals surface area (Å²) in [5.41, 5.74) is -0.753. The molecule has 1 amide bonds. The second kappa shape index (κ2) is 6.44. The van der Waals surface area contributed by atoms with Gasteiger partial charge in [-0.1, -0.05) is 0 Å². The third-order valence-corrected chi connectivity index (χ3v) is 3.22. The normalized spacial score (nSPS) is 17.9. The van der Waals surface area contributed by atoms with Gasteiger partial charge >= 0.3 is 12.1 Å². The van der Waals surface area contributed by atoms with Crippen molar-refractivity contribution < 1.29 is 28.6 Å². The highest BCUT2D eigenvalue weighted by atomic mass is 19.1. The molecule has 126 valence electrons. The molecule has 0 saturated carbocycles. The zero-order valence-electron chi connectivity index (χ0n) is 13.3. The van der Waals surface area contributed by atoms with Crippen LogP contribution in [0.3, 0.4) is 0 Å². The van der Waals surface area contributed by atoms with Gasteiger partial charge < -0.3 is 19.5 Å². The molecule has 6 nitrogen and oxygen atoms in total. The van der Waals surface area contributed by atoms with Crippen LogP contribution in [0.1, 0.15) is 37.6 Å². The van der Waals surface area contributed by atoms with Crippen LogP contribution in [-0.4, -0.2) is 46.9 Å². The lowest BCUT2D eigenvalue weighted by Crippen LogP contribution is -2.36. The summed E-state index contributed by atoms with van der Waals surface area (Å²) in [7, 11) is 0. The van der Waals surface area contributed by atoms with Crippen molar-refractivity contribution in [2.75, 3.05) is 13.1 Å². The summed E-state index contributed by atoms with van der Waals surface area (Å²) >= 11 is 0. The molecule has 0 spiro atoms. The summed E-state index contributed by atoms with van der Waals surface area (Å²) in [5.74, 6) is -1.77. The Morgan fingerprint density at radius 2 is 2.00 bits per heavy atom. The molecule has 0 aromatic heterocycles. The number of ether oxygens (including phenoxy) is 2. The smallest absolute Gasteiger partial charge is 0.410 e. The molecule has 1 atom stereocenters. The monoisotopic (exact) mass is 325 g/mol. The molecule has 0 aliphatic carbocycles. The minimum absolute atomic E-state index is 0.137. The number of carboxylic acid groups (broad SMARTS) is 1. The maximum Gasteiger partial charge on any atom is 0.410 e. The highest BCUT2D eigenvalue weighted by molar-refractivity contribution is 5.88. The van der Waals surface area contributed by atoms with E-state index in [-0.39, 0.29) is 17.4 Å². The lowest BCUT2D eigenvalue weighted by molar-refractivity contribution is 0.0275. The maximum atomic E-state index is 13.4. The van der Waals surface area contributed by atoms with Crippen LogP contribution in [0.25, 0.3) is 0 Å². The Morgan fingerprint density at radius 1 is 1.30 bits per heavy atom. The molecule has 0 radical (unpaired) electrons. The summed E-state index contributed by atoms with van der Waals surface area (Å²) in [6, 6.07) is 3.32. The highest BCUT2D eigenvalue weighted by Gasteiger charge is 2.31. The second-order valence-corrected chi connectivity index (χ2v) is 6.44. The number of benzene rings is 1. The van der Waals surface area contributed by atoms with Gasteiger partial charge in [-0.05, 0) is 32.9 Å². The van der Waals surface area contributed by atoms with E-state index in [2.05, 4.69) is 0 Å². The molecule has 23 heavy (non-hydrogen) atoms. The predicted octanol–water partition coefficient (Wildman–Crippen LogP) is 2.91. The van der Waals surface area contributed by atoms with Crippen molar-refractivity contribution >= 4 is 12.1 Å². The van der Waals surface area contributed by atoms with Crippen LogP contribution in [-0.2, 0) is 4.74 Å². The number of hydrogen-bond donors (Lipinski definition) is 1. The van der Waals surface area contributed by atoms with Gasteiger partial charge in [0.05, 0.1) is 12.1 Å². The average Bonchev–Trinajstić information content (AvgIpc) is 2.84. The van der Waals surface area contributed by atoms with E-state index in [4.69, 9.17) is 14.6 Å². The van der Waals surface area contributed by atoms with E-state index >= 15 is 0 Å². The first-order chi connectivity index (χ1) is 10.6. The molecule has 1 heterocycles. The van der Waals surface area contributed by atoms with Gasteiger partial charge in [0, 0.05) is 19.0 Å². The Labute approximate surface area is 133 Å². The number of likely N-dealkylation sites (tertiary alicyclic amines) is 1. The maximum absolute atomic E-state index is 13.4. The minimum atomic E-state index is -1.23. The number of halogens is 1. The Hall–Kier alpha value is -2.31. The molecule has 1 N–H and O–H groups in total. The molecule has 2 rings (SSSR count). The Balaban J connectivity index is 1.98. The number of hydrogen-bond acceptors (Lipinski definition) is 4. The molecule has 7 heteroatoms. The van der Waals surface area contributed by atoms with Crippen molar-refractivity contribution in [1.29, 1.82) is 0 Å². The number of carboxylic acids is 1. The minimum Gasteiger partial charge on any atom is -0.488 e. The Bertz CT molecular complexity index is 611. The van der Waals surface area contributed by atoms with Gasteiger partial charge in [-0.15, -0.1) is 0 Å². The van der Waals surface area contributed by atoms with E-state index in [0.29, 0.717) is 19.5 Å². The number of carbonyl (C=O) groups is 2. The van der Waals surface area contributed by atoms with Crippen LogP contribution in [0.2, 0.25) is 0 Å². The first-order valence-corrected chi connectivity index (χ1v) is 7.32. The molecule has 1 saturated heterocycles. The van der Waals surface area contributed by atoms with Crippen LogP contribution in [0.15, 0.2) is 18.2 Å². The van der Waals surface area contributed by atoms with Crippen LogP contribution < -0.4 is 4.74 Å². The zero-order valence-corrected chi connectivity index (χ0v) is 13.3. The van der Waals surface area contributed by atoms with E-state index in [0.717, 1.165) is 12.1 Å². The third kappa shape index (κ3) is 4.84. The molecular formula is C16H20FNO5. The lowest BCUT2D eigenvalue weighted by atomic mass is 10.2. The lowest BCUT2D eigenvalue weighted by Gasteiger charge is -2.24. The Morgan fingerprint density at radius 3 is 2.61 bits per heavy atom. The fraction of sp³-hybridized carbons (Fsp3) is 0.500. The van der Waals surface area contributed by atoms with Crippen molar-refractivity contribution in [2.45, 2.75) is 38.9 Å². The topological polar surface area (TPSA) is 76.1 Å². The van der Waals surface area contributed by atoms with E-state index in [1.54, 1.807) is 20.8 Å². The van der Waals surface area contributed by atoms with Gasteiger partial charge in [0.25, 0.3) is 0 Å². The van der Waals surface area contributed by atoms with Gasteiger partial charge in [-0.2, -0.15) is 0 Å². The predicted molar refractivity (Wildman–Crippen MR) is 80.2 cm³/mol. The van der Waals surface area contributed by atoms with Crippen molar-refractivity contribution in [2.24, 2.45) is 0 Å². The summed E-state index contributed by atoms with van der Waals surface area (Å²) in [6.07, 6.45) is -0.182. The van der Waals surface area contributed by atoms with E-state index in [1.807, 2.05) is 0 Å². The molecule has 1 unspecified atom stereocenters. The van der Waals surface area contributed by atoms with Gasteiger partial charge in [-0.25, -0.2) is 14.0 Å². The molecular weight excluding hydrogens is 305 g/mol. The summed E-state index contributed by atoms with van der Waals surface area (Å²) in [6.45, 7) is 6.15. The summed E-state index contributed by atoms with van der Waals surface area (Å²) in [4.78, 5) is 24.4. The zero-order chi connectivity index (χ0) is 17.2. The SMILES string of the molecule is CC(C)(C)OC(=O)N1CCC(Oc2cc(F)cc(C(=O)O)c2)C1. The second-order valence-electron chi connectivity index (χ2n) is 6.44. The summed E-state index contributed by atoms with van der Waals surface area (Å²) < 4.78 is 24.3. The van der Waals surface area contributed by atoms with E-state index in [1.165, 1.54) is 11.0 Å². The number of amides is 1. The van der Waals surface area contributed by atoms with E-state index in [9.17, 15) is 14.0 Å². The number of aromatic carboxylic acids is 1. The van der Waals surface area contributed by atoms with Crippen molar-refractivity contribution in [3.8, 4) is 5.75 Å². The fourth-order valence-electron chi connectivity index (χ4n) is 2.26. The van der Waals surface area contributed by atoms with Gasteiger partial charge in [-0.3, -0.25) is 0 Å². The van der Waals surface area contributed by atoms with Crippen LogP contribution in [0, 0.1) is 5.82 Å². The number of rotatable bonds is 3. The van der Waals surface area contributed by atoms with Gasteiger partial charge in [0.2, 0.25) is 0 Å². The number of carbonyl (C=O) groups excluding carboxylic acids is 1. The molecule has 0 bridgehead atoms. The van der Waals surface area contributed by atoms with E-state index < -0.39 is 23.5 Å². The first-order valence-electron chi connectivity index (χ1n) is 7.32. The molecule has 1 fully saturated rings. The van der Waals surface area contributed by atoms with Crippen LogP contribution in [0.4, 0.5) is 9.18 Å². The molecule has 1 aromatic rings. The molecule has 1 aromatic carbocycles. The fourth-order valence-corrected chi connectivity index (χ4v) is 2.26. The van der Waals surface area contributed by atoms with Crippen LogP contribution >= 0.6 is 0 Å². The first kappa shape index (κ1) is 17.1. The summed E-state index contributed by atoms with van der Waals surface area (Å²) in [5, 5.41) is 8.93. The molecule has 1 aliphatic heterocycles. The van der Waals surface area contributed by atoms with Crippen molar-refractivity contribution in [3.05, 3.63) is 29.6 Å². The Kier molecular flexibility index (Phi) is 4.77. The number of nitrogens with zero attached hydrogens (tertiary/aromatic N) is 1. The highest BCUT2D eigenvalue weighted by Crippen LogP contribution is 2.22. The average molecular weight is 325 g/mol. The van der Waals surface area contributed by atoms with Crippen LogP contribution in [0.5, 0.6) is 5.75 Å². The third-order valence-electron chi connectivity index (χ3n) is 3.22. The van der Waals surface area contributed by atoms with Gasteiger partial charge in [0.15, 0.2) is 0 Å². The van der Waals surface area contributed by atoms with Crippen molar-refractivity contribution in [1.82, 2.24) is 4.90 Å². The standard InChI is InChI=1S/C16H20FNO5/c1-16(2,3)23-15(21)18-5-4-12(9-18)22-13-7-10(14(19)20)6-11(17)8-13/h6-8,12H,4-5,9H2,1-3H3,(H,19,20). The van der Waals surface area contributed by atoms with Gasteiger partial charge in [0.1, 0.15) is 23.3 Å². The molecule has 1 aliphatic rings. The quantitative estimate of drug-likeness (QED) is 0.925. The van der Waals surface area contributed by atoms with Crippen molar-refractivity contribution in [3.63, 3.8) is 0 Å². The largest absolute Gasteiger partial charge is 0.488 e.